The lowest BCUT2D eigenvalue weighted by Gasteiger charge is -2.04. The highest BCUT2D eigenvalue weighted by atomic mass is 79.9. The summed E-state index contributed by atoms with van der Waals surface area (Å²) in [4.78, 5) is 0. The van der Waals surface area contributed by atoms with Gasteiger partial charge in [0.2, 0.25) is 0 Å². The Morgan fingerprint density at radius 1 is 1.50 bits per heavy atom. The van der Waals surface area contributed by atoms with Crippen molar-refractivity contribution in [2.45, 2.75) is 18.1 Å². The van der Waals surface area contributed by atoms with Crippen LogP contribution >= 0.6 is 15.9 Å². The maximum atomic E-state index is 11.8. The van der Waals surface area contributed by atoms with Crippen molar-refractivity contribution in [2.24, 2.45) is 0 Å². The van der Waals surface area contributed by atoms with Crippen LogP contribution in [0.3, 0.4) is 0 Å². The lowest BCUT2D eigenvalue weighted by molar-refractivity contribution is -0.142. The summed E-state index contributed by atoms with van der Waals surface area (Å²) < 4.78 is 36.2. The van der Waals surface area contributed by atoms with Gasteiger partial charge in [0.1, 0.15) is 6.54 Å². The Labute approximate surface area is 75.5 Å². The first-order chi connectivity index (χ1) is 5.51. The number of nitrogens with zero attached hydrogens (tertiary/aromatic N) is 2. The lowest BCUT2D eigenvalue weighted by atomic mass is 10.4. The minimum absolute atomic E-state index is 0.519. The Morgan fingerprint density at radius 3 is 2.58 bits per heavy atom. The summed E-state index contributed by atoms with van der Waals surface area (Å²) in [5, 5.41) is 4.06. The molecule has 0 saturated heterocycles. The van der Waals surface area contributed by atoms with E-state index in [2.05, 4.69) is 21.0 Å². The molecule has 0 saturated carbocycles. The van der Waals surface area contributed by atoms with Crippen LogP contribution in [0.5, 0.6) is 0 Å². The van der Waals surface area contributed by atoms with Crippen LogP contribution in [0.1, 0.15) is 5.56 Å². The van der Waals surface area contributed by atoms with Gasteiger partial charge in [0.15, 0.2) is 0 Å². The molecule has 2 nitrogen and oxygen atoms in total. The van der Waals surface area contributed by atoms with E-state index in [-0.39, 0.29) is 0 Å². The molecule has 0 spiro atoms. The average Bonchev–Trinajstić information content (AvgIpc) is 2.32. The summed E-state index contributed by atoms with van der Waals surface area (Å²) >= 11 is 3.12. The first-order valence-electron chi connectivity index (χ1n) is 3.15. The van der Waals surface area contributed by atoms with E-state index < -0.39 is 12.7 Å². The summed E-state index contributed by atoms with van der Waals surface area (Å²) in [7, 11) is 0. The normalized spacial score (nSPS) is 12.0. The first kappa shape index (κ1) is 9.57. The van der Waals surface area contributed by atoms with Crippen molar-refractivity contribution in [2.75, 3.05) is 0 Å². The van der Waals surface area contributed by atoms with Gasteiger partial charge >= 0.3 is 6.18 Å². The first-order valence-corrected chi connectivity index (χ1v) is 4.27. The monoisotopic (exact) mass is 242 g/mol. The van der Waals surface area contributed by atoms with Crippen molar-refractivity contribution in [3.63, 3.8) is 0 Å². The van der Waals surface area contributed by atoms with Gasteiger partial charge in [-0.3, -0.25) is 4.68 Å². The molecule has 1 aromatic rings. The van der Waals surface area contributed by atoms with Crippen LogP contribution in [0.2, 0.25) is 0 Å². The van der Waals surface area contributed by atoms with E-state index in [0.717, 1.165) is 10.2 Å². The summed E-state index contributed by atoms with van der Waals surface area (Å²) in [6.07, 6.45) is -1.43. The van der Waals surface area contributed by atoms with Crippen LogP contribution in [0.4, 0.5) is 13.2 Å². The van der Waals surface area contributed by atoms with Crippen molar-refractivity contribution in [3.8, 4) is 0 Å². The molecule has 12 heavy (non-hydrogen) atoms. The Balaban J connectivity index is 2.64. The molecule has 68 valence electrons. The Kier molecular flexibility index (Phi) is 2.76. The van der Waals surface area contributed by atoms with Crippen molar-refractivity contribution in [3.05, 3.63) is 18.0 Å². The van der Waals surface area contributed by atoms with Crippen LogP contribution in [0, 0.1) is 0 Å². The van der Waals surface area contributed by atoms with E-state index in [1.54, 1.807) is 0 Å². The van der Waals surface area contributed by atoms with Gasteiger partial charge in [-0.15, -0.1) is 0 Å². The van der Waals surface area contributed by atoms with Crippen LogP contribution < -0.4 is 0 Å². The third-order valence-electron chi connectivity index (χ3n) is 1.18. The van der Waals surface area contributed by atoms with Crippen molar-refractivity contribution >= 4 is 15.9 Å². The highest BCUT2D eigenvalue weighted by Crippen LogP contribution is 2.17. The fourth-order valence-corrected chi connectivity index (χ4v) is 1.04. The van der Waals surface area contributed by atoms with Crippen molar-refractivity contribution < 1.29 is 13.2 Å². The predicted octanol–water partition coefficient (Wildman–Crippen LogP) is 2.34. The zero-order chi connectivity index (χ0) is 9.19. The zero-order valence-electron chi connectivity index (χ0n) is 5.98. The van der Waals surface area contributed by atoms with Crippen molar-refractivity contribution in [1.82, 2.24) is 9.78 Å². The number of hydrogen-bond donors (Lipinski definition) is 0. The molecule has 0 aliphatic heterocycles. The molecule has 0 atom stereocenters. The fourth-order valence-electron chi connectivity index (χ4n) is 0.746. The summed E-state index contributed by atoms with van der Waals surface area (Å²) in [5.41, 5.74) is 0.735. The van der Waals surface area contributed by atoms with Gasteiger partial charge in [0.05, 0.1) is 6.20 Å². The molecule has 1 heterocycles. The topological polar surface area (TPSA) is 17.8 Å². The lowest BCUT2D eigenvalue weighted by Crippen LogP contribution is -2.17. The van der Waals surface area contributed by atoms with Crippen LogP contribution in [0.15, 0.2) is 12.4 Å². The molecule has 0 unspecified atom stereocenters. The standard InChI is InChI=1S/C6H6BrF3N2/c7-1-5-2-11-12(3-5)4-6(8,9)10/h2-3H,1,4H2. The average molecular weight is 243 g/mol. The van der Waals surface area contributed by atoms with Gasteiger partial charge < -0.3 is 0 Å². The molecule has 0 N–H and O–H groups in total. The predicted molar refractivity (Wildman–Crippen MR) is 40.9 cm³/mol. The number of rotatable bonds is 2. The molecular formula is C6H6BrF3N2. The van der Waals surface area contributed by atoms with Gasteiger partial charge in [-0.2, -0.15) is 18.3 Å². The Hall–Kier alpha value is -0.520. The Morgan fingerprint density at radius 2 is 2.17 bits per heavy atom. The van der Waals surface area contributed by atoms with Gasteiger partial charge in [0, 0.05) is 17.1 Å². The third-order valence-corrected chi connectivity index (χ3v) is 1.83. The Bertz CT molecular complexity index is 256. The molecule has 0 aromatic carbocycles. The number of hydrogen-bond acceptors (Lipinski definition) is 1. The van der Waals surface area contributed by atoms with Gasteiger partial charge in [-0.1, -0.05) is 15.9 Å². The second-order valence-corrected chi connectivity index (χ2v) is 2.86. The van der Waals surface area contributed by atoms with Gasteiger partial charge in [-0.05, 0) is 0 Å². The minimum Gasteiger partial charge on any atom is -0.263 e. The van der Waals surface area contributed by atoms with Crippen LogP contribution in [-0.2, 0) is 11.9 Å². The van der Waals surface area contributed by atoms with E-state index >= 15 is 0 Å². The largest absolute Gasteiger partial charge is 0.408 e. The molecular weight excluding hydrogens is 237 g/mol. The quantitative estimate of drug-likeness (QED) is 0.729. The number of halogens is 4. The van der Waals surface area contributed by atoms with Gasteiger partial charge in [-0.25, -0.2) is 0 Å². The van der Waals surface area contributed by atoms with E-state index in [1.165, 1.54) is 12.4 Å². The molecule has 6 heteroatoms. The highest BCUT2D eigenvalue weighted by Gasteiger charge is 2.28. The third kappa shape index (κ3) is 2.84. The van der Waals surface area contributed by atoms with Gasteiger partial charge in [0.25, 0.3) is 0 Å². The van der Waals surface area contributed by atoms with E-state index in [1.807, 2.05) is 0 Å². The molecule has 0 amide bonds. The number of aromatic nitrogens is 2. The van der Waals surface area contributed by atoms with E-state index in [4.69, 9.17) is 0 Å². The fraction of sp³-hybridized carbons (Fsp3) is 0.500. The number of alkyl halides is 4. The molecule has 1 aromatic heterocycles. The summed E-state index contributed by atoms with van der Waals surface area (Å²) in [6, 6.07) is 0. The smallest absolute Gasteiger partial charge is 0.263 e. The van der Waals surface area contributed by atoms with Crippen LogP contribution in [0.25, 0.3) is 0 Å². The molecule has 0 aliphatic carbocycles. The molecule has 0 radical (unpaired) electrons. The zero-order valence-corrected chi connectivity index (χ0v) is 7.56. The SMILES string of the molecule is FC(F)(F)Cn1cc(CBr)cn1. The second-order valence-electron chi connectivity index (χ2n) is 2.29. The second kappa shape index (κ2) is 3.47. The molecule has 0 aliphatic rings. The van der Waals surface area contributed by atoms with Crippen LogP contribution in [-0.4, -0.2) is 16.0 Å². The minimum atomic E-state index is -4.20. The molecule has 0 fully saturated rings. The summed E-state index contributed by atoms with van der Waals surface area (Å²) in [6.45, 7) is -1.03. The highest BCUT2D eigenvalue weighted by molar-refractivity contribution is 9.08. The maximum Gasteiger partial charge on any atom is 0.408 e. The summed E-state index contributed by atoms with van der Waals surface area (Å²) in [5.74, 6) is 0. The van der Waals surface area contributed by atoms with E-state index in [0.29, 0.717) is 5.33 Å². The maximum absolute atomic E-state index is 11.8. The van der Waals surface area contributed by atoms with E-state index in [9.17, 15) is 13.2 Å². The molecule has 0 bridgehead atoms. The molecule has 1 rings (SSSR count). The van der Waals surface area contributed by atoms with Crippen molar-refractivity contribution in [1.29, 1.82) is 0 Å².